The highest BCUT2D eigenvalue weighted by molar-refractivity contribution is 7.15. The van der Waals surface area contributed by atoms with Gasteiger partial charge in [-0.3, -0.25) is 4.79 Å². The van der Waals surface area contributed by atoms with Crippen molar-refractivity contribution in [2.45, 2.75) is 45.4 Å². The third kappa shape index (κ3) is 3.54. The zero-order valence-corrected chi connectivity index (χ0v) is 13.6. The molecule has 1 saturated heterocycles. The molecule has 1 saturated carbocycles. The van der Waals surface area contributed by atoms with Crippen molar-refractivity contribution >= 4 is 22.4 Å². The first kappa shape index (κ1) is 14.8. The summed E-state index contributed by atoms with van der Waals surface area (Å²) in [5, 5.41) is 10.4. The summed E-state index contributed by atoms with van der Waals surface area (Å²) in [7, 11) is 0. The monoisotopic (exact) mass is 308 g/mol. The smallest absolute Gasteiger partial charge is 0.242 e. The van der Waals surface area contributed by atoms with Crippen LogP contribution in [0.25, 0.3) is 0 Å². The van der Waals surface area contributed by atoms with E-state index in [0.717, 1.165) is 48.5 Å². The Hall–Kier alpha value is -1.17. The van der Waals surface area contributed by atoms with Crippen molar-refractivity contribution in [2.75, 3.05) is 31.1 Å². The maximum absolute atomic E-state index is 12.3. The Morgan fingerprint density at radius 3 is 2.76 bits per heavy atom. The van der Waals surface area contributed by atoms with Crippen LogP contribution < -0.4 is 4.90 Å². The van der Waals surface area contributed by atoms with Crippen LogP contribution in [0, 0.1) is 5.92 Å². The molecular weight excluding hydrogens is 284 g/mol. The second-order valence-electron chi connectivity index (χ2n) is 6.14. The number of nitrogens with zero attached hydrogens (tertiary/aromatic N) is 4. The molecule has 6 heteroatoms. The maximum atomic E-state index is 12.3. The summed E-state index contributed by atoms with van der Waals surface area (Å²) >= 11 is 1.63. The van der Waals surface area contributed by atoms with Gasteiger partial charge in [-0.2, -0.15) is 0 Å². The van der Waals surface area contributed by atoms with Gasteiger partial charge in [-0.1, -0.05) is 31.1 Å². The van der Waals surface area contributed by atoms with E-state index in [-0.39, 0.29) is 5.91 Å². The molecule has 0 aromatic carbocycles. The standard InChI is InChI=1S/C15H24N4OS/c1-2-5-13-16-17-15(21-13)19-9-8-18(14(20)11-19)10-12-6-3-4-7-12/h12H,2-11H2,1H3. The molecule has 0 radical (unpaired) electrons. The number of rotatable bonds is 5. The molecule has 1 aliphatic heterocycles. The second-order valence-corrected chi connectivity index (χ2v) is 7.18. The van der Waals surface area contributed by atoms with Gasteiger partial charge in [0.1, 0.15) is 5.01 Å². The summed E-state index contributed by atoms with van der Waals surface area (Å²) in [5.41, 5.74) is 0. The SMILES string of the molecule is CCCc1nnc(N2CCN(CC3CCCC3)C(=O)C2)s1. The van der Waals surface area contributed by atoms with Gasteiger partial charge in [0, 0.05) is 26.1 Å². The van der Waals surface area contributed by atoms with Gasteiger partial charge in [0.2, 0.25) is 11.0 Å². The van der Waals surface area contributed by atoms with Crippen LogP contribution in [0.2, 0.25) is 0 Å². The van der Waals surface area contributed by atoms with E-state index in [4.69, 9.17) is 0 Å². The first-order valence-corrected chi connectivity index (χ1v) is 8.93. The first-order chi connectivity index (χ1) is 10.3. The lowest BCUT2D eigenvalue weighted by atomic mass is 10.1. The number of hydrogen-bond donors (Lipinski definition) is 0. The Labute approximate surface area is 130 Å². The van der Waals surface area contributed by atoms with E-state index >= 15 is 0 Å². The number of anilines is 1. The number of hydrogen-bond acceptors (Lipinski definition) is 5. The second kappa shape index (κ2) is 6.73. The zero-order valence-electron chi connectivity index (χ0n) is 12.8. The third-order valence-corrected chi connectivity index (χ3v) is 5.51. The highest BCUT2D eigenvalue weighted by Crippen LogP contribution is 2.27. The Morgan fingerprint density at radius 1 is 1.24 bits per heavy atom. The molecule has 5 nitrogen and oxygen atoms in total. The van der Waals surface area contributed by atoms with Crippen molar-refractivity contribution in [1.29, 1.82) is 0 Å². The molecule has 2 heterocycles. The molecule has 1 amide bonds. The number of carbonyl (C=O) groups excluding carboxylic acids is 1. The molecule has 0 bridgehead atoms. The number of piperazine rings is 1. The highest BCUT2D eigenvalue weighted by Gasteiger charge is 2.28. The zero-order chi connectivity index (χ0) is 14.7. The third-order valence-electron chi connectivity index (χ3n) is 4.46. The Morgan fingerprint density at radius 2 is 2.05 bits per heavy atom. The van der Waals surface area contributed by atoms with E-state index < -0.39 is 0 Å². The van der Waals surface area contributed by atoms with Crippen LogP contribution in [0.1, 0.15) is 44.0 Å². The Kier molecular flexibility index (Phi) is 4.73. The van der Waals surface area contributed by atoms with E-state index in [1.54, 1.807) is 11.3 Å². The summed E-state index contributed by atoms with van der Waals surface area (Å²) < 4.78 is 0. The van der Waals surface area contributed by atoms with E-state index in [1.807, 2.05) is 0 Å². The van der Waals surface area contributed by atoms with Crippen molar-refractivity contribution in [3.05, 3.63) is 5.01 Å². The number of aromatic nitrogens is 2. The van der Waals surface area contributed by atoms with Gasteiger partial charge < -0.3 is 9.80 Å². The molecule has 0 spiro atoms. The predicted molar refractivity (Wildman–Crippen MR) is 84.7 cm³/mol. The first-order valence-electron chi connectivity index (χ1n) is 8.11. The van der Waals surface area contributed by atoms with Crippen LogP contribution in [0.3, 0.4) is 0 Å². The minimum Gasteiger partial charge on any atom is -0.339 e. The van der Waals surface area contributed by atoms with Gasteiger partial charge in [-0.15, -0.1) is 10.2 Å². The van der Waals surface area contributed by atoms with Gasteiger partial charge in [0.25, 0.3) is 0 Å². The quantitative estimate of drug-likeness (QED) is 0.837. The van der Waals surface area contributed by atoms with Crippen molar-refractivity contribution in [3.63, 3.8) is 0 Å². The van der Waals surface area contributed by atoms with Crippen molar-refractivity contribution in [1.82, 2.24) is 15.1 Å². The van der Waals surface area contributed by atoms with E-state index in [1.165, 1.54) is 25.7 Å². The van der Waals surface area contributed by atoms with Crippen LogP contribution in [0.5, 0.6) is 0 Å². The Bertz CT molecular complexity index is 484. The summed E-state index contributed by atoms with van der Waals surface area (Å²) in [6.45, 7) is 5.29. The normalized spacial score (nSPS) is 20.5. The number of amides is 1. The average Bonchev–Trinajstić information content (AvgIpc) is 3.13. The van der Waals surface area contributed by atoms with Crippen LogP contribution >= 0.6 is 11.3 Å². The lowest BCUT2D eigenvalue weighted by Crippen LogP contribution is -2.51. The number of carbonyl (C=O) groups is 1. The molecule has 2 aliphatic rings. The molecule has 2 fully saturated rings. The molecule has 1 aromatic rings. The average molecular weight is 308 g/mol. The fourth-order valence-electron chi connectivity index (χ4n) is 3.26. The number of aryl methyl sites for hydroxylation is 1. The van der Waals surface area contributed by atoms with Crippen molar-refractivity contribution in [2.24, 2.45) is 5.92 Å². The van der Waals surface area contributed by atoms with Crippen molar-refractivity contribution in [3.8, 4) is 0 Å². The lowest BCUT2D eigenvalue weighted by Gasteiger charge is -2.35. The van der Waals surface area contributed by atoms with Gasteiger partial charge in [0.05, 0.1) is 6.54 Å². The van der Waals surface area contributed by atoms with Crippen LogP contribution in [-0.2, 0) is 11.2 Å². The molecule has 1 aromatic heterocycles. The van der Waals surface area contributed by atoms with Gasteiger partial charge in [0.15, 0.2) is 0 Å². The molecule has 3 rings (SSSR count). The highest BCUT2D eigenvalue weighted by atomic mass is 32.1. The molecule has 0 N–H and O–H groups in total. The van der Waals surface area contributed by atoms with E-state index in [0.29, 0.717) is 6.54 Å². The van der Waals surface area contributed by atoms with Crippen molar-refractivity contribution < 1.29 is 4.79 Å². The molecule has 116 valence electrons. The van der Waals surface area contributed by atoms with Crippen LogP contribution in [0.15, 0.2) is 0 Å². The minimum absolute atomic E-state index is 0.250. The fourth-order valence-corrected chi connectivity index (χ4v) is 4.22. The minimum atomic E-state index is 0.250. The molecule has 21 heavy (non-hydrogen) atoms. The molecule has 1 aliphatic carbocycles. The van der Waals surface area contributed by atoms with Crippen LogP contribution in [-0.4, -0.2) is 47.2 Å². The topological polar surface area (TPSA) is 49.3 Å². The molecule has 0 atom stereocenters. The van der Waals surface area contributed by atoms with Crippen LogP contribution in [0.4, 0.5) is 5.13 Å². The molecular formula is C15H24N4OS. The summed E-state index contributed by atoms with van der Waals surface area (Å²) in [6.07, 6.45) is 7.33. The fraction of sp³-hybridized carbons (Fsp3) is 0.800. The van der Waals surface area contributed by atoms with Gasteiger partial charge in [-0.05, 0) is 25.2 Å². The summed E-state index contributed by atoms with van der Waals surface area (Å²) in [5.74, 6) is 0.985. The van der Waals surface area contributed by atoms with E-state index in [2.05, 4.69) is 26.9 Å². The maximum Gasteiger partial charge on any atom is 0.242 e. The Balaban J connectivity index is 1.55. The van der Waals surface area contributed by atoms with E-state index in [9.17, 15) is 4.79 Å². The van der Waals surface area contributed by atoms with Gasteiger partial charge in [-0.25, -0.2) is 0 Å². The largest absolute Gasteiger partial charge is 0.339 e. The summed E-state index contributed by atoms with van der Waals surface area (Å²) in [4.78, 5) is 16.5. The predicted octanol–water partition coefficient (Wildman–Crippen LogP) is 2.33. The summed E-state index contributed by atoms with van der Waals surface area (Å²) in [6, 6.07) is 0. The lowest BCUT2D eigenvalue weighted by molar-refractivity contribution is -0.131. The van der Waals surface area contributed by atoms with Gasteiger partial charge >= 0.3 is 0 Å². The molecule has 0 unspecified atom stereocenters.